The molecule has 0 spiro atoms. The Morgan fingerprint density at radius 1 is 0.920 bits per heavy atom. The Balaban J connectivity index is 2.15. The van der Waals surface area contributed by atoms with Crippen molar-refractivity contribution < 1.29 is 18.0 Å². The van der Waals surface area contributed by atoms with E-state index in [1.54, 1.807) is 24.3 Å². The van der Waals surface area contributed by atoms with Gasteiger partial charge in [-0.1, -0.05) is 66.4 Å². The normalized spacial score (nSPS) is 13.9. The molecule has 1 unspecified atom stereocenters. The third-order valence-electron chi connectivity index (χ3n) is 3.58. The number of para-hydroxylation sites is 1. The second kappa shape index (κ2) is 6.70. The number of hydrogen-bond donors (Lipinski definition) is 0. The van der Waals surface area contributed by atoms with Crippen LogP contribution in [0.25, 0.3) is 10.9 Å². The summed E-state index contributed by atoms with van der Waals surface area (Å²) < 4.78 is 41.8. The average molecular weight is 360 g/mol. The molecule has 3 rings (SSSR count). The Kier molecular flexibility index (Phi) is 4.61. The molecule has 0 amide bonds. The van der Waals surface area contributed by atoms with Gasteiger partial charge in [0.05, 0.1) is 10.5 Å². The summed E-state index contributed by atoms with van der Waals surface area (Å²) in [5.74, 6) is 0. The fourth-order valence-corrected chi connectivity index (χ4v) is 3.45. The lowest BCUT2D eigenvalue weighted by Crippen LogP contribution is -2.37. The molecule has 1 aromatic heterocycles. The molecule has 25 heavy (non-hydrogen) atoms. The minimum Gasteiger partial charge on any atom is -0.241 e. The average Bonchev–Trinajstić information content (AvgIpc) is 2.61. The molecule has 3 nitrogen and oxygen atoms in total. The van der Waals surface area contributed by atoms with E-state index in [4.69, 9.17) is 0 Å². The van der Waals surface area contributed by atoms with Gasteiger partial charge in [-0.2, -0.15) is 18.2 Å². The molecular weight excluding hydrogens is 349 g/mol. The Hall–Kier alpha value is -2.63. The maximum absolute atomic E-state index is 13.9. The highest BCUT2D eigenvalue weighted by molar-refractivity contribution is 8.00. The number of aromatic nitrogens is 1. The number of nitrogens with zero attached hydrogens (tertiary/aromatic N) is 2. The summed E-state index contributed by atoms with van der Waals surface area (Å²) in [5, 5.41) is 0.918. The second-order valence-electron chi connectivity index (χ2n) is 5.16. The van der Waals surface area contributed by atoms with Gasteiger partial charge in [-0.05, 0) is 12.1 Å². The van der Waals surface area contributed by atoms with Crippen molar-refractivity contribution in [3.8, 4) is 0 Å². The maximum atomic E-state index is 13.9. The van der Waals surface area contributed by atoms with Crippen molar-refractivity contribution in [3.05, 3.63) is 72.3 Å². The van der Waals surface area contributed by atoms with Gasteiger partial charge in [0.2, 0.25) is 11.0 Å². The number of benzene rings is 2. The molecule has 0 N–H and O–H groups in total. The standard InChI is InChI=1S/C18H11F3N2OS/c19-18(20,21)17(22-12-24,14-7-2-1-3-8-14)25-16-11-10-13-6-4-5-9-15(13)23-16/h1-11H. The Labute approximate surface area is 145 Å². The highest BCUT2D eigenvalue weighted by Gasteiger charge is 2.58. The van der Waals surface area contributed by atoms with Crippen LogP contribution >= 0.6 is 11.8 Å². The fraction of sp³-hybridized carbons (Fsp3) is 0.111. The van der Waals surface area contributed by atoms with Gasteiger partial charge in [-0.15, -0.1) is 0 Å². The molecule has 1 atom stereocenters. The predicted octanol–water partition coefficient (Wildman–Crippen LogP) is 5.08. The van der Waals surface area contributed by atoms with Gasteiger partial charge in [-0.3, -0.25) is 0 Å². The van der Waals surface area contributed by atoms with Crippen molar-refractivity contribution in [1.29, 1.82) is 0 Å². The third kappa shape index (κ3) is 3.29. The predicted molar refractivity (Wildman–Crippen MR) is 89.9 cm³/mol. The summed E-state index contributed by atoms with van der Waals surface area (Å²) in [6.07, 6.45) is -3.74. The van der Waals surface area contributed by atoms with Crippen LogP contribution in [0.15, 0.2) is 76.7 Å². The van der Waals surface area contributed by atoms with E-state index in [0.717, 1.165) is 11.5 Å². The van der Waals surface area contributed by atoms with E-state index in [2.05, 4.69) is 9.98 Å². The van der Waals surface area contributed by atoms with E-state index in [1.165, 1.54) is 30.3 Å². The van der Waals surface area contributed by atoms with Crippen molar-refractivity contribution in [2.45, 2.75) is 16.1 Å². The lowest BCUT2D eigenvalue weighted by molar-refractivity contribution is -0.160. The summed E-state index contributed by atoms with van der Waals surface area (Å²) in [7, 11) is 0. The van der Waals surface area contributed by atoms with Gasteiger partial charge in [0.1, 0.15) is 0 Å². The van der Waals surface area contributed by atoms with Crippen molar-refractivity contribution in [2.24, 2.45) is 4.99 Å². The van der Waals surface area contributed by atoms with E-state index in [1.807, 2.05) is 12.1 Å². The van der Waals surface area contributed by atoms with Gasteiger partial charge < -0.3 is 0 Å². The zero-order valence-electron chi connectivity index (χ0n) is 12.7. The van der Waals surface area contributed by atoms with Crippen molar-refractivity contribution in [2.75, 3.05) is 0 Å². The number of rotatable bonds is 4. The van der Waals surface area contributed by atoms with Crippen LogP contribution in [0.1, 0.15) is 5.56 Å². The summed E-state index contributed by atoms with van der Waals surface area (Å²) in [4.78, 5) is 15.4. The van der Waals surface area contributed by atoms with Crippen LogP contribution in [0.3, 0.4) is 0 Å². The van der Waals surface area contributed by atoms with Gasteiger partial charge in [0.15, 0.2) is 0 Å². The van der Waals surface area contributed by atoms with Gasteiger partial charge in [0.25, 0.3) is 0 Å². The van der Waals surface area contributed by atoms with Crippen LogP contribution in [-0.4, -0.2) is 17.2 Å². The minimum atomic E-state index is -4.82. The Morgan fingerprint density at radius 2 is 1.60 bits per heavy atom. The number of aliphatic imine (C=N–C) groups is 1. The first-order valence-corrected chi connectivity index (χ1v) is 8.04. The molecule has 0 aliphatic carbocycles. The maximum Gasteiger partial charge on any atom is 0.428 e. The highest BCUT2D eigenvalue weighted by atomic mass is 32.2. The summed E-state index contributed by atoms with van der Waals surface area (Å²) in [6, 6.07) is 17.3. The quantitative estimate of drug-likeness (QED) is 0.370. The zero-order chi connectivity index (χ0) is 17.9. The van der Waals surface area contributed by atoms with E-state index >= 15 is 0 Å². The van der Waals surface area contributed by atoms with Crippen LogP contribution in [0.2, 0.25) is 0 Å². The van der Waals surface area contributed by atoms with E-state index in [-0.39, 0.29) is 10.6 Å². The van der Waals surface area contributed by atoms with Crippen LogP contribution < -0.4 is 0 Å². The van der Waals surface area contributed by atoms with Crippen LogP contribution in [0, 0.1) is 0 Å². The molecule has 7 heteroatoms. The van der Waals surface area contributed by atoms with Gasteiger partial charge in [0, 0.05) is 10.9 Å². The number of fused-ring (bicyclic) bond motifs is 1. The number of isocyanates is 1. The molecule has 0 saturated heterocycles. The first-order chi connectivity index (χ1) is 12.0. The smallest absolute Gasteiger partial charge is 0.241 e. The number of hydrogen-bond acceptors (Lipinski definition) is 4. The first-order valence-electron chi connectivity index (χ1n) is 7.22. The van der Waals surface area contributed by atoms with E-state index in [9.17, 15) is 18.0 Å². The molecule has 126 valence electrons. The largest absolute Gasteiger partial charge is 0.428 e. The second-order valence-corrected chi connectivity index (χ2v) is 6.37. The molecule has 2 aromatic carbocycles. The summed E-state index contributed by atoms with van der Waals surface area (Å²) in [6.45, 7) is 0. The Bertz CT molecular complexity index is 940. The molecule has 0 aliphatic rings. The molecule has 0 radical (unpaired) electrons. The first kappa shape index (κ1) is 17.2. The molecule has 0 aliphatic heterocycles. The molecule has 1 heterocycles. The number of carbonyl (C=O) groups excluding carboxylic acids is 1. The molecular formula is C18H11F3N2OS. The van der Waals surface area contributed by atoms with E-state index in [0.29, 0.717) is 17.3 Å². The van der Waals surface area contributed by atoms with Crippen LogP contribution in [0.4, 0.5) is 13.2 Å². The highest BCUT2D eigenvalue weighted by Crippen LogP contribution is 2.53. The summed E-state index contributed by atoms with van der Waals surface area (Å²) in [5.41, 5.74) is 0.400. The zero-order valence-corrected chi connectivity index (χ0v) is 13.5. The number of thioether (sulfide) groups is 1. The lowest BCUT2D eigenvalue weighted by Gasteiger charge is -2.30. The van der Waals surface area contributed by atoms with Crippen molar-refractivity contribution in [3.63, 3.8) is 0 Å². The molecule has 0 fully saturated rings. The van der Waals surface area contributed by atoms with Gasteiger partial charge >= 0.3 is 6.18 Å². The third-order valence-corrected chi connectivity index (χ3v) is 4.87. The minimum absolute atomic E-state index is 0.110. The van der Waals surface area contributed by atoms with Crippen molar-refractivity contribution in [1.82, 2.24) is 4.98 Å². The van der Waals surface area contributed by atoms with Gasteiger partial charge in [-0.25, -0.2) is 9.78 Å². The van der Waals surface area contributed by atoms with Crippen molar-refractivity contribution >= 4 is 28.7 Å². The lowest BCUT2D eigenvalue weighted by atomic mass is 10.1. The summed E-state index contributed by atoms with van der Waals surface area (Å²) >= 11 is 0.370. The fourth-order valence-electron chi connectivity index (χ4n) is 2.42. The van der Waals surface area contributed by atoms with Crippen LogP contribution in [-0.2, 0) is 9.67 Å². The Morgan fingerprint density at radius 3 is 2.28 bits per heavy atom. The molecule has 3 aromatic rings. The monoisotopic (exact) mass is 360 g/mol. The van der Waals surface area contributed by atoms with Crippen LogP contribution in [0.5, 0.6) is 0 Å². The molecule has 0 bridgehead atoms. The number of pyridine rings is 1. The topological polar surface area (TPSA) is 42.3 Å². The SMILES string of the molecule is O=C=NC(Sc1ccc2ccccc2n1)(c1ccccc1)C(F)(F)F. The number of halogens is 3. The molecule has 0 saturated carbocycles. The van der Waals surface area contributed by atoms with E-state index < -0.39 is 11.0 Å². The number of alkyl halides is 3.